The van der Waals surface area contributed by atoms with Crippen LogP contribution in [-0.2, 0) is 13.1 Å². The van der Waals surface area contributed by atoms with Gasteiger partial charge in [0, 0.05) is 41.9 Å². The van der Waals surface area contributed by atoms with Crippen molar-refractivity contribution in [2.75, 3.05) is 0 Å². The summed E-state index contributed by atoms with van der Waals surface area (Å²) >= 11 is 1.67. The summed E-state index contributed by atoms with van der Waals surface area (Å²) in [7, 11) is 0. The Balaban J connectivity index is 1.69. The molecule has 0 fully saturated rings. The number of aromatic nitrogens is 3. The van der Waals surface area contributed by atoms with Gasteiger partial charge in [0.1, 0.15) is 5.65 Å². The molecule has 5 heteroatoms. The van der Waals surface area contributed by atoms with Crippen molar-refractivity contribution >= 4 is 22.4 Å². The minimum absolute atomic E-state index is 0.837. The molecule has 17 heavy (non-hydrogen) atoms. The fourth-order valence-electron chi connectivity index (χ4n) is 1.81. The molecule has 2 N–H and O–H groups in total. The van der Waals surface area contributed by atoms with Crippen LogP contribution in [0.5, 0.6) is 0 Å². The lowest BCUT2D eigenvalue weighted by molar-refractivity contribution is 0.703. The van der Waals surface area contributed by atoms with E-state index in [1.165, 1.54) is 15.8 Å². The molecule has 0 saturated carbocycles. The summed E-state index contributed by atoms with van der Waals surface area (Å²) in [6.45, 7) is 1.70. The van der Waals surface area contributed by atoms with E-state index in [1.807, 2.05) is 24.0 Å². The maximum Gasteiger partial charge on any atom is 0.137 e. The first kappa shape index (κ1) is 10.4. The SMILES string of the molecule is c1cnc2[nH]cc(CNCc3cncs3)c2c1. The number of aromatic amines is 1. The second kappa shape index (κ2) is 4.65. The number of nitrogens with zero attached hydrogens (tertiary/aromatic N) is 2. The van der Waals surface area contributed by atoms with Gasteiger partial charge in [-0.05, 0) is 17.7 Å². The van der Waals surface area contributed by atoms with Gasteiger partial charge in [-0.2, -0.15) is 0 Å². The van der Waals surface area contributed by atoms with Crippen molar-refractivity contribution in [1.29, 1.82) is 0 Å². The summed E-state index contributed by atoms with van der Waals surface area (Å²) in [5.74, 6) is 0. The molecule has 0 aliphatic carbocycles. The van der Waals surface area contributed by atoms with Crippen molar-refractivity contribution in [1.82, 2.24) is 20.3 Å². The zero-order valence-corrected chi connectivity index (χ0v) is 10.00. The molecule has 0 aliphatic heterocycles. The van der Waals surface area contributed by atoms with Crippen LogP contribution in [0.2, 0.25) is 0 Å². The van der Waals surface area contributed by atoms with Gasteiger partial charge >= 0.3 is 0 Å². The maximum absolute atomic E-state index is 4.27. The zero-order chi connectivity index (χ0) is 11.5. The Hall–Kier alpha value is -1.72. The van der Waals surface area contributed by atoms with Gasteiger partial charge in [0.15, 0.2) is 0 Å². The highest BCUT2D eigenvalue weighted by Crippen LogP contribution is 2.15. The van der Waals surface area contributed by atoms with Gasteiger partial charge in [-0.3, -0.25) is 4.98 Å². The van der Waals surface area contributed by atoms with Crippen LogP contribution in [0.4, 0.5) is 0 Å². The number of hydrogen-bond acceptors (Lipinski definition) is 4. The maximum atomic E-state index is 4.27. The third-order valence-electron chi connectivity index (χ3n) is 2.63. The van der Waals surface area contributed by atoms with Crippen molar-refractivity contribution in [2.24, 2.45) is 0 Å². The fourth-order valence-corrected chi connectivity index (χ4v) is 2.37. The topological polar surface area (TPSA) is 53.6 Å². The Labute approximate surface area is 103 Å². The molecule has 0 unspecified atom stereocenters. The monoisotopic (exact) mass is 244 g/mol. The van der Waals surface area contributed by atoms with Gasteiger partial charge in [-0.15, -0.1) is 11.3 Å². The molecule has 86 valence electrons. The Bertz CT molecular complexity index is 600. The van der Waals surface area contributed by atoms with Crippen LogP contribution >= 0.6 is 11.3 Å². The fraction of sp³-hybridized carbons (Fsp3) is 0.167. The average Bonchev–Trinajstić information content (AvgIpc) is 2.99. The van der Waals surface area contributed by atoms with E-state index in [0.717, 1.165) is 18.7 Å². The number of nitrogens with one attached hydrogen (secondary N) is 2. The van der Waals surface area contributed by atoms with Crippen LogP contribution < -0.4 is 5.32 Å². The smallest absolute Gasteiger partial charge is 0.137 e. The Morgan fingerprint density at radius 2 is 2.35 bits per heavy atom. The lowest BCUT2D eigenvalue weighted by Gasteiger charge is -2.01. The molecule has 4 nitrogen and oxygen atoms in total. The van der Waals surface area contributed by atoms with Crippen molar-refractivity contribution in [3.05, 3.63) is 46.7 Å². The minimum Gasteiger partial charge on any atom is -0.346 e. The Morgan fingerprint density at radius 3 is 3.24 bits per heavy atom. The second-order valence-electron chi connectivity index (χ2n) is 3.78. The first-order chi connectivity index (χ1) is 8.43. The van der Waals surface area contributed by atoms with Crippen LogP contribution in [0.3, 0.4) is 0 Å². The van der Waals surface area contributed by atoms with E-state index in [-0.39, 0.29) is 0 Å². The first-order valence-electron chi connectivity index (χ1n) is 5.42. The summed E-state index contributed by atoms with van der Waals surface area (Å²) in [5.41, 5.74) is 4.05. The third-order valence-corrected chi connectivity index (χ3v) is 3.41. The predicted molar refractivity (Wildman–Crippen MR) is 68.8 cm³/mol. The van der Waals surface area contributed by atoms with E-state index in [2.05, 4.69) is 26.3 Å². The molecule has 3 rings (SSSR count). The Kier molecular flexibility index (Phi) is 2.85. The molecule has 3 aromatic heterocycles. The van der Waals surface area contributed by atoms with Crippen molar-refractivity contribution in [2.45, 2.75) is 13.1 Å². The molecule has 0 aromatic carbocycles. The molecular weight excluding hydrogens is 232 g/mol. The average molecular weight is 244 g/mol. The van der Waals surface area contributed by atoms with Gasteiger partial charge in [0.2, 0.25) is 0 Å². The van der Waals surface area contributed by atoms with E-state index in [9.17, 15) is 0 Å². The van der Waals surface area contributed by atoms with Crippen molar-refractivity contribution in [3.8, 4) is 0 Å². The van der Waals surface area contributed by atoms with Crippen LogP contribution in [0.1, 0.15) is 10.4 Å². The molecule has 0 atom stereocenters. The quantitative estimate of drug-likeness (QED) is 0.740. The number of rotatable bonds is 4. The van der Waals surface area contributed by atoms with E-state index in [0.29, 0.717) is 0 Å². The van der Waals surface area contributed by atoms with Gasteiger partial charge in [-0.1, -0.05) is 0 Å². The van der Waals surface area contributed by atoms with E-state index >= 15 is 0 Å². The zero-order valence-electron chi connectivity index (χ0n) is 9.18. The van der Waals surface area contributed by atoms with Crippen molar-refractivity contribution < 1.29 is 0 Å². The van der Waals surface area contributed by atoms with Gasteiger partial charge in [0.25, 0.3) is 0 Å². The lowest BCUT2D eigenvalue weighted by atomic mass is 10.2. The lowest BCUT2D eigenvalue weighted by Crippen LogP contribution is -2.11. The van der Waals surface area contributed by atoms with E-state index in [1.54, 1.807) is 17.5 Å². The van der Waals surface area contributed by atoms with Crippen LogP contribution in [-0.4, -0.2) is 15.0 Å². The largest absolute Gasteiger partial charge is 0.346 e. The number of hydrogen-bond donors (Lipinski definition) is 2. The highest BCUT2D eigenvalue weighted by molar-refractivity contribution is 7.09. The van der Waals surface area contributed by atoms with Gasteiger partial charge in [0.05, 0.1) is 5.51 Å². The highest BCUT2D eigenvalue weighted by Gasteiger charge is 2.03. The summed E-state index contributed by atoms with van der Waals surface area (Å²) in [6.07, 6.45) is 5.71. The Morgan fingerprint density at radius 1 is 1.35 bits per heavy atom. The van der Waals surface area contributed by atoms with E-state index in [4.69, 9.17) is 0 Å². The molecule has 0 radical (unpaired) electrons. The number of H-pyrrole nitrogens is 1. The number of fused-ring (bicyclic) bond motifs is 1. The molecular formula is C12H12N4S. The molecule has 0 spiro atoms. The molecule has 0 saturated heterocycles. The molecule has 0 amide bonds. The molecule has 3 heterocycles. The van der Waals surface area contributed by atoms with Gasteiger partial charge in [-0.25, -0.2) is 4.98 Å². The number of pyridine rings is 1. The summed E-state index contributed by atoms with van der Waals surface area (Å²) in [4.78, 5) is 12.7. The molecule has 0 bridgehead atoms. The number of thiazole rings is 1. The molecule has 3 aromatic rings. The third kappa shape index (κ3) is 2.20. The molecule has 0 aliphatic rings. The van der Waals surface area contributed by atoms with Crippen LogP contribution in [0.25, 0.3) is 11.0 Å². The minimum atomic E-state index is 0.837. The first-order valence-corrected chi connectivity index (χ1v) is 6.30. The van der Waals surface area contributed by atoms with E-state index < -0.39 is 0 Å². The highest BCUT2D eigenvalue weighted by atomic mass is 32.1. The van der Waals surface area contributed by atoms with Crippen LogP contribution in [0.15, 0.2) is 36.2 Å². The normalized spacial score (nSPS) is 11.1. The summed E-state index contributed by atoms with van der Waals surface area (Å²) in [6, 6.07) is 4.05. The second-order valence-corrected chi connectivity index (χ2v) is 4.76. The van der Waals surface area contributed by atoms with Crippen LogP contribution in [0, 0.1) is 0 Å². The van der Waals surface area contributed by atoms with Gasteiger partial charge < -0.3 is 10.3 Å². The summed E-state index contributed by atoms with van der Waals surface area (Å²) < 4.78 is 0. The summed E-state index contributed by atoms with van der Waals surface area (Å²) in [5, 5.41) is 4.59. The predicted octanol–water partition coefficient (Wildman–Crippen LogP) is 2.31. The standard InChI is InChI=1S/C12H12N4S/c1-2-11-9(5-16-12(11)15-3-1)4-13-6-10-7-14-8-17-10/h1-3,5,7-8,13H,4,6H2,(H,15,16). The van der Waals surface area contributed by atoms with Crippen molar-refractivity contribution in [3.63, 3.8) is 0 Å².